The maximum atomic E-state index is 6.14. The molecule has 0 bridgehead atoms. The summed E-state index contributed by atoms with van der Waals surface area (Å²) in [6, 6.07) is 52.3. The summed E-state index contributed by atoms with van der Waals surface area (Å²) in [5.41, 5.74) is 8.19. The van der Waals surface area contributed by atoms with Gasteiger partial charge in [-0.15, -0.1) is 0 Å². The zero-order valence-electron chi connectivity index (χ0n) is 31.7. The van der Waals surface area contributed by atoms with Crippen molar-refractivity contribution in [2.24, 2.45) is 0 Å². The summed E-state index contributed by atoms with van der Waals surface area (Å²) >= 11 is 3.39. The monoisotopic (exact) mass is 794 g/mol. The van der Waals surface area contributed by atoms with Gasteiger partial charge in [-0.25, -0.2) is 9.97 Å². The molecule has 11 rings (SSSR count). The fourth-order valence-corrected chi connectivity index (χ4v) is 7.80. The third kappa shape index (κ3) is 6.74. The van der Waals surface area contributed by atoms with Crippen molar-refractivity contribution >= 4 is 93.8 Å². The molecular formula is C48H40BBrN4O2. The van der Waals surface area contributed by atoms with Gasteiger partial charge in [-0.1, -0.05) is 109 Å². The molecule has 6 aromatic carbocycles. The quantitative estimate of drug-likeness (QED) is 0.135. The van der Waals surface area contributed by atoms with Crippen LogP contribution in [0.5, 0.6) is 0 Å². The van der Waals surface area contributed by atoms with Crippen molar-refractivity contribution < 1.29 is 9.31 Å². The summed E-state index contributed by atoms with van der Waals surface area (Å²) in [5, 5.41) is 8.55. The van der Waals surface area contributed by atoms with E-state index < -0.39 is 0 Å². The highest BCUT2D eigenvalue weighted by atomic mass is 79.9. The zero-order valence-corrected chi connectivity index (χ0v) is 33.3. The van der Waals surface area contributed by atoms with Crippen LogP contribution in [-0.4, -0.2) is 38.3 Å². The average Bonchev–Trinajstić information content (AvgIpc) is 3.85. The number of aromatic nitrogens is 4. The lowest BCUT2D eigenvalue weighted by molar-refractivity contribution is 0.00578. The smallest absolute Gasteiger partial charge is 0.399 e. The number of benzene rings is 6. The molecule has 10 aromatic rings. The molecule has 0 aliphatic carbocycles. The summed E-state index contributed by atoms with van der Waals surface area (Å²) in [7, 11) is -0.319. The van der Waals surface area contributed by atoms with Crippen LogP contribution >= 0.6 is 15.9 Å². The lowest BCUT2D eigenvalue weighted by Crippen LogP contribution is -2.41. The summed E-state index contributed by atoms with van der Waals surface area (Å²) in [5.74, 6) is 0. The number of aromatic amines is 2. The molecule has 0 saturated carbocycles. The molecule has 0 spiro atoms. The Labute approximate surface area is 334 Å². The molecule has 8 heteroatoms. The first-order valence-electron chi connectivity index (χ1n) is 18.9. The Balaban J connectivity index is 0.000000116. The zero-order chi connectivity index (χ0) is 38.4. The van der Waals surface area contributed by atoms with E-state index in [4.69, 9.17) is 14.3 Å². The van der Waals surface area contributed by atoms with Crippen molar-refractivity contribution in [3.63, 3.8) is 0 Å². The van der Waals surface area contributed by atoms with E-state index in [0.29, 0.717) is 0 Å². The molecular weight excluding hydrogens is 755 g/mol. The molecule has 1 aliphatic heterocycles. The molecule has 4 aromatic heterocycles. The molecule has 6 nitrogen and oxygen atoms in total. The van der Waals surface area contributed by atoms with Crippen LogP contribution in [0, 0.1) is 0 Å². The first kappa shape index (κ1) is 35.9. The summed E-state index contributed by atoms with van der Waals surface area (Å²) < 4.78 is 13.2. The van der Waals surface area contributed by atoms with Gasteiger partial charge < -0.3 is 19.3 Å². The summed E-state index contributed by atoms with van der Waals surface area (Å²) in [4.78, 5) is 15.9. The molecule has 5 heterocycles. The summed E-state index contributed by atoms with van der Waals surface area (Å²) in [6.07, 6.45) is 1.80. The average molecular weight is 796 g/mol. The Bertz CT molecular complexity index is 3020. The second-order valence-corrected chi connectivity index (χ2v) is 16.0. The van der Waals surface area contributed by atoms with Crippen LogP contribution in [0.25, 0.3) is 76.5 Å². The van der Waals surface area contributed by atoms with Crippen LogP contribution in [0.1, 0.15) is 27.7 Å². The number of para-hydroxylation sites is 3. The number of rotatable bonds is 2. The Kier molecular flexibility index (Phi) is 9.21. The Morgan fingerprint density at radius 2 is 1.07 bits per heavy atom. The predicted octanol–water partition coefficient (Wildman–Crippen LogP) is 12.2. The van der Waals surface area contributed by atoms with Gasteiger partial charge >= 0.3 is 7.12 Å². The van der Waals surface area contributed by atoms with Gasteiger partial charge in [-0.05, 0) is 96.9 Å². The van der Waals surface area contributed by atoms with Crippen LogP contribution in [0.3, 0.4) is 0 Å². The topological polar surface area (TPSA) is 75.8 Å². The van der Waals surface area contributed by atoms with E-state index in [0.717, 1.165) is 48.8 Å². The van der Waals surface area contributed by atoms with Crippen LogP contribution in [-0.2, 0) is 9.31 Å². The second-order valence-electron chi connectivity index (χ2n) is 15.2. The number of fused-ring (bicyclic) bond motifs is 8. The van der Waals surface area contributed by atoms with Crippen LogP contribution in [0.4, 0.5) is 0 Å². The highest BCUT2D eigenvalue weighted by Gasteiger charge is 2.51. The van der Waals surface area contributed by atoms with Gasteiger partial charge in [-0.3, -0.25) is 0 Å². The molecule has 0 amide bonds. The minimum Gasteiger partial charge on any atom is -0.399 e. The minimum atomic E-state index is -0.319. The fourth-order valence-electron chi connectivity index (χ4n) is 7.32. The maximum Gasteiger partial charge on any atom is 0.494 e. The predicted molar refractivity (Wildman–Crippen MR) is 238 cm³/mol. The molecule has 2 N–H and O–H groups in total. The van der Waals surface area contributed by atoms with Crippen molar-refractivity contribution in [3.05, 3.63) is 162 Å². The van der Waals surface area contributed by atoms with Crippen LogP contribution in [0.2, 0.25) is 0 Å². The first-order valence-corrected chi connectivity index (χ1v) is 19.6. The van der Waals surface area contributed by atoms with Gasteiger partial charge in [-0.2, -0.15) is 0 Å². The largest absolute Gasteiger partial charge is 0.494 e. The van der Waals surface area contributed by atoms with E-state index in [9.17, 15) is 0 Å². The van der Waals surface area contributed by atoms with Crippen molar-refractivity contribution in [2.45, 2.75) is 38.9 Å². The molecule has 1 aliphatic rings. The highest BCUT2D eigenvalue weighted by molar-refractivity contribution is 9.10. The second kappa shape index (κ2) is 14.4. The van der Waals surface area contributed by atoms with Crippen molar-refractivity contribution in [1.29, 1.82) is 0 Å². The lowest BCUT2D eigenvalue weighted by atomic mass is 9.79. The highest BCUT2D eigenvalue weighted by Crippen LogP contribution is 2.37. The summed E-state index contributed by atoms with van der Waals surface area (Å²) in [6.45, 7) is 8.31. The number of nitrogens with one attached hydrogen (secondary N) is 2. The van der Waals surface area contributed by atoms with Crippen LogP contribution < -0.4 is 5.46 Å². The number of nitrogens with zero attached hydrogens (tertiary/aromatic N) is 2. The van der Waals surface area contributed by atoms with Crippen molar-refractivity contribution in [1.82, 2.24) is 19.9 Å². The van der Waals surface area contributed by atoms with Gasteiger partial charge in [0.05, 0.1) is 22.4 Å². The van der Waals surface area contributed by atoms with Gasteiger partial charge in [0.1, 0.15) is 4.60 Å². The van der Waals surface area contributed by atoms with Gasteiger partial charge in [0.2, 0.25) is 0 Å². The number of halogens is 1. The standard InChI is InChI=1S/C21H14N2.C18H20BNO2.C9H6BrN/c1-3-7-18-14(5-1)10-12-19(22-18)15-9-11-17-16-6-2-4-8-20(16)23-21(17)13-15;1-17(2)18(3,4)22-19(21-17)12-9-10-14-13-7-5-6-8-15(13)20-16(14)11-12;10-9-8-4-2-1-3-7(8)5-6-11-9/h1-13,23H;5-11,20H,1-4H3;1-6H. The number of hydrogen-bond acceptors (Lipinski definition) is 4. The first-order chi connectivity index (χ1) is 27.1. The van der Waals surface area contributed by atoms with E-state index in [1.807, 2.05) is 42.5 Å². The maximum absolute atomic E-state index is 6.14. The Hall–Kier alpha value is -5.80. The molecule has 56 heavy (non-hydrogen) atoms. The van der Waals surface area contributed by atoms with E-state index in [1.165, 1.54) is 37.8 Å². The molecule has 274 valence electrons. The van der Waals surface area contributed by atoms with Gasteiger partial charge in [0.25, 0.3) is 0 Å². The lowest BCUT2D eigenvalue weighted by Gasteiger charge is -2.32. The SMILES string of the molecule is Brc1nccc2ccccc12.CC1(C)OB(c2ccc3c(c2)[nH]c2ccccc23)OC1(C)C.c1ccc2nc(-c3ccc4c(c3)[nH]c3ccccc34)ccc2c1. The molecule has 1 fully saturated rings. The van der Waals surface area contributed by atoms with Crippen molar-refractivity contribution in [2.75, 3.05) is 0 Å². The van der Waals surface area contributed by atoms with E-state index in [-0.39, 0.29) is 18.3 Å². The third-order valence-corrected chi connectivity index (χ3v) is 11.7. The van der Waals surface area contributed by atoms with Crippen molar-refractivity contribution in [3.8, 4) is 11.3 Å². The number of H-pyrrole nitrogens is 2. The minimum absolute atomic E-state index is 0.312. The molecule has 1 saturated heterocycles. The number of pyridine rings is 2. The van der Waals surface area contributed by atoms with E-state index in [2.05, 4.69) is 168 Å². The number of hydrogen-bond donors (Lipinski definition) is 2. The van der Waals surface area contributed by atoms with Crippen LogP contribution in [0.15, 0.2) is 162 Å². The van der Waals surface area contributed by atoms with E-state index in [1.54, 1.807) is 6.20 Å². The molecule has 0 atom stereocenters. The Morgan fingerprint density at radius 3 is 1.75 bits per heavy atom. The van der Waals surface area contributed by atoms with E-state index >= 15 is 0 Å². The Morgan fingerprint density at radius 1 is 0.518 bits per heavy atom. The molecule has 0 radical (unpaired) electrons. The normalized spacial score (nSPS) is 14.6. The third-order valence-electron chi connectivity index (χ3n) is 11.1. The molecule has 0 unspecified atom stereocenters. The fraction of sp³-hybridized carbons (Fsp3) is 0.125. The van der Waals surface area contributed by atoms with Gasteiger partial charge in [0, 0.05) is 66.1 Å². The van der Waals surface area contributed by atoms with Gasteiger partial charge in [0.15, 0.2) is 0 Å².